The van der Waals surface area contributed by atoms with Crippen molar-refractivity contribution in [3.63, 3.8) is 0 Å². The number of esters is 1. The average Bonchev–Trinajstić information content (AvgIpc) is 3.67. The van der Waals surface area contributed by atoms with Gasteiger partial charge in [-0.3, -0.25) is 19.2 Å². The van der Waals surface area contributed by atoms with Crippen LogP contribution in [0, 0.1) is 12.3 Å². The van der Waals surface area contributed by atoms with Crippen molar-refractivity contribution in [1.29, 1.82) is 0 Å². The van der Waals surface area contributed by atoms with Gasteiger partial charge in [-0.25, -0.2) is 4.98 Å². The summed E-state index contributed by atoms with van der Waals surface area (Å²) in [6.45, 7) is 11.1. The first-order chi connectivity index (χ1) is 23.4. The fraction of sp³-hybridized carbons (Fsp3) is 0.618. The normalized spacial score (nSPS) is 16.7. The van der Waals surface area contributed by atoms with E-state index < -0.39 is 35.4 Å². The minimum Gasteiger partial charge on any atom is -0.463 e. The van der Waals surface area contributed by atoms with Crippen LogP contribution in [0.25, 0.3) is 10.4 Å². The smallest absolute Gasteiger partial charge is 0.302 e. The van der Waals surface area contributed by atoms with E-state index >= 15 is 0 Å². The Morgan fingerprint density at radius 1 is 0.959 bits per heavy atom. The standard InChI is InChI=1S/C34H50N4O10S/c1-23-30(49-22-36-23)26-8-6-25(7-9-26)19-35-32(42)28-18-27(40)20-38(28)33(43)31(34(3,4)5)37-29(41)21-47-15-14-45-11-10-44-12-13-46-16-17-48-24(2)39/h6-9,22,27-28,31,40H,10-21H2,1-5H3,(H,35,42)(H,37,41)/t27-,28+,31-/m1/s1. The minimum atomic E-state index is -0.953. The zero-order valence-corrected chi connectivity index (χ0v) is 29.8. The van der Waals surface area contributed by atoms with Crippen LogP contribution in [0.2, 0.25) is 0 Å². The lowest BCUT2D eigenvalue weighted by atomic mass is 9.85. The van der Waals surface area contributed by atoms with Gasteiger partial charge in [-0.15, -0.1) is 11.3 Å². The van der Waals surface area contributed by atoms with Crippen LogP contribution in [-0.2, 0) is 49.4 Å². The highest BCUT2D eigenvalue weighted by Crippen LogP contribution is 2.28. The van der Waals surface area contributed by atoms with Crippen LogP contribution in [0.4, 0.5) is 0 Å². The number of rotatable bonds is 20. The number of amides is 3. The minimum absolute atomic E-state index is 0.0110. The molecule has 0 bridgehead atoms. The first-order valence-electron chi connectivity index (χ1n) is 16.4. The van der Waals surface area contributed by atoms with Gasteiger partial charge in [-0.2, -0.15) is 0 Å². The summed E-state index contributed by atoms with van der Waals surface area (Å²) in [4.78, 5) is 57.2. The highest BCUT2D eigenvalue weighted by Gasteiger charge is 2.44. The molecule has 1 aliphatic rings. The molecule has 3 N–H and O–H groups in total. The lowest BCUT2D eigenvalue weighted by Crippen LogP contribution is -2.58. The van der Waals surface area contributed by atoms with E-state index in [-0.39, 0.29) is 57.8 Å². The first-order valence-corrected chi connectivity index (χ1v) is 17.2. The maximum Gasteiger partial charge on any atom is 0.302 e. The van der Waals surface area contributed by atoms with E-state index in [0.717, 1.165) is 21.7 Å². The van der Waals surface area contributed by atoms with Gasteiger partial charge in [0.2, 0.25) is 17.7 Å². The van der Waals surface area contributed by atoms with Crippen molar-refractivity contribution >= 4 is 35.0 Å². The van der Waals surface area contributed by atoms with E-state index in [1.807, 2.05) is 57.5 Å². The Morgan fingerprint density at radius 3 is 2.10 bits per heavy atom. The van der Waals surface area contributed by atoms with Gasteiger partial charge in [0.1, 0.15) is 25.3 Å². The van der Waals surface area contributed by atoms with Gasteiger partial charge in [-0.05, 0) is 23.5 Å². The van der Waals surface area contributed by atoms with E-state index in [0.29, 0.717) is 33.0 Å². The molecule has 3 atom stereocenters. The number of nitrogens with one attached hydrogen (secondary N) is 2. The molecular weight excluding hydrogens is 656 g/mol. The number of carbonyl (C=O) groups is 4. The SMILES string of the molecule is CC(=O)OCCOCCOCCOCCOCC(=O)N[C@H](C(=O)N1C[C@H](O)C[C@H]1C(=O)NCc1ccc(-c2scnc2C)cc1)C(C)(C)C. The van der Waals surface area contributed by atoms with Gasteiger partial charge in [0.15, 0.2) is 0 Å². The van der Waals surface area contributed by atoms with Gasteiger partial charge in [0.05, 0.1) is 68.4 Å². The number of carbonyl (C=O) groups excluding carboxylic acids is 4. The zero-order valence-electron chi connectivity index (χ0n) is 29.0. The highest BCUT2D eigenvalue weighted by molar-refractivity contribution is 7.13. The second kappa shape index (κ2) is 20.3. The Kier molecular flexibility index (Phi) is 16.5. The number of aliphatic hydroxyl groups excluding tert-OH is 1. The molecule has 2 aromatic rings. The molecule has 0 saturated carbocycles. The molecule has 0 radical (unpaired) electrons. The number of ether oxygens (including phenoxy) is 5. The molecule has 0 aliphatic carbocycles. The number of likely N-dealkylation sites (tertiary alicyclic amines) is 1. The third-order valence-electron chi connectivity index (χ3n) is 7.59. The number of nitrogens with zero attached hydrogens (tertiary/aromatic N) is 2. The molecule has 1 aromatic carbocycles. The van der Waals surface area contributed by atoms with Crippen molar-refractivity contribution in [2.45, 2.75) is 65.8 Å². The monoisotopic (exact) mass is 706 g/mol. The van der Waals surface area contributed by atoms with E-state index in [1.165, 1.54) is 11.8 Å². The second-order valence-electron chi connectivity index (χ2n) is 12.7. The van der Waals surface area contributed by atoms with Crippen molar-refractivity contribution in [3.05, 3.63) is 41.0 Å². The van der Waals surface area contributed by atoms with Crippen molar-refractivity contribution < 1.29 is 48.0 Å². The van der Waals surface area contributed by atoms with Crippen LogP contribution in [0.15, 0.2) is 29.8 Å². The van der Waals surface area contributed by atoms with Gasteiger partial charge >= 0.3 is 5.97 Å². The highest BCUT2D eigenvalue weighted by atomic mass is 32.1. The number of hydrogen-bond acceptors (Lipinski definition) is 12. The maximum atomic E-state index is 13.8. The third-order valence-corrected chi connectivity index (χ3v) is 8.57. The van der Waals surface area contributed by atoms with Crippen molar-refractivity contribution in [1.82, 2.24) is 20.5 Å². The summed E-state index contributed by atoms with van der Waals surface area (Å²) in [6, 6.07) is 6.02. The molecule has 49 heavy (non-hydrogen) atoms. The number of benzene rings is 1. The van der Waals surface area contributed by atoms with E-state index in [4.69, 9.17) is 23.7 Å². The number of aromatic nitrogens is 1. The summed E-state index contributed by atoms with van der Waals surface area (Å²) >= 11 is 1.57. The first kappa shape index (κ1) is 40.0. The number of aliphatic hydroxyl groups is 1. The van der Waals surface area contributed by atoms with E-state index in [1.54, 1.807) is 11.3 Å². The molecule has 14 nitrogen and oxygen atoms in total. The average molecular weight is 707 g/mol. The van der Waals surface area contributed by atoms with Crippen molar-refractivity contribution in [2.75, 3.05) is 66.0 Å². The van der Waals surface area contributed by atoms with Gasteiger partial charge < -0.3 is 44.3 Å². The van der Waals surface area contributed by atoms with Crippen LogP contribution in [0.5, 0.6) is 0 Å². The van der Waals surface area contributed by atoms with Crippen molar-refractivity contribution in [3.8, 4) is 10.4 Å². The topological polar surface area (TPSA) is 175 Å². The fourth-order valence-corrected chi connectivity index (χ4v) is 5.86. The molecule has 1 fully saturated rings. The molecule has 3 amide bonds. The molecule has 3 rings (SSSR count). The summed E-state index contributed by atoms with van der Waals surface area (Å²) in [5.41, 5.74) is 4.03. The van der Waals surface area contributed by atoms with E-state index in [2.05, 4.69) is 15.6 Å². The van der Waals surface area contributed by atoms with Crippen LogP contribution in [0.1, 0.15) is 45.4 Å². The summed E-state index contributed by atoms with van der Waals surface area (Å²) < 4.78 is 26.3. The number of aryl methyl sites for hydroxylation is 1. The molecule has 1 aromatic heterocycles. The van der Waals surface area contributed by atoms with Gasteiger partial charge in [-0.1, -0.05) is 45.0 Å². The zero-order chi connectivity index (χ0) is 35.8. The fourth-order valence-electron chi connectivity index (χ4n) is 5.05. The van der Waals surface area contributed by atoms with Crippen LogP contribution >= 0.6 is 11.3 Å². The second-order valence-corrected chi connectivity index (χ2v) is 13.5. The molecule has 1 aliphatic heterocycles. The van der Waals surface area contributed by atoms with Gasteiger partial charge in [0.25, 0.3) is 0 Å². The molecule has 1 saturated heterocycles. The molecule has 0 unspecified atom stereocenters. The Labute approximate surface area is 291 Å². The third kappa shape index (κ3) is 13.8. The summed E-state index contributed by atoms with van der Waals surface area (Å²) in [7, 11) is 0. The molecule has 15 heteroatoms. The largest absolute Gasteiger partial charge is 0.463 e. The number of thiazole rings is 1. The summed E-state index contributed by atoms with van der Waals surface area (Å²) in [5.74, 6) is -1.65. The Morgan fingerprint density at radius 2 is 1.55 bits per heavy atom. The maximum absolute atomic E-state index is 13.8. The predicted molar refractivity (Wildman–Crippen MR) is 182 cm³/mol. The van der Waals surface area contributed by atoms with Crippen LogP contribution in [-0.4, -0.2) is 123 Å². The van der Waals surface area contributed by atoms with Crippen LogP contribution < -0.4 is 10.6 Å². The Hall–Kier alpha value is -3.47. The Balaban J connectivity index is 1.38. The molecule has 272 valence electrons. The van der Waals surface area contributed by atoms with Gasteiger partial charge in [0, 0.05) is 26.4 Å². The van der Waals surface area contributed by atoms with Crippen molar-refractivity contribution in [2.24, 2.45) is 5.41 Å². The Bertz CT molecular complexity index is 1350. The summed E-state index contributed by atoms with van der Waals surface area (Å²) in [6.07, 6.45) is -0.760. The summed E-state index contributed by atoms with van der Waals surface area (Å²) in [5, 5.41) is 16.1. The van der Waals surface area contributed by atoms with E-state index in [9.17, 15) is 24.3 Å². The predicted octanol–water partition coefficient (Wildman–Crippen LogP) is 1.86. The lowest BCUT2D eigenvalue weighted by Gasteiger charge is -2.35. The number of hydrogen-bond donors (Lipinski definition) is 3. The molecule has 0 spiro atoms. The number of β-amino-alcohol motifs (C(OH)–C–C–N with tert-alkyl or cyclic N) is 1. The lowest BCUT2D eigenvalue weighted by molar-refractivity contribution is -0.144. The quantitative estimate of drug-likeness (QED) is 0.135. The molecule has 2 heterocycles. The molecular formula is C34H50N4O10S. The van der Waals surface area contributed by atoms with Crippen LogP contribution in [0.3, 0.4) is 0 Å².